The van der Waals surface area contributed by atoms with Gasteiger partial charge in [0.25, 0.3) is 0 Å². The normalized spacial score (nSPS) is 13.8. The third-order valence-electron chi connectivity index (χ3n) is 1.91. The predicted molar refractivity (Wildman–Crippen MR) is 51.5 cm³/mol. The van der Waals surface area contributed by atoms with Crippen LogP contribution in [0.1, 0.15) is 11.1 Å². The molecule has 0 saturated heterocycles. The van der Waals surface area contributed by atoms with Crippen molar-refractivity contribution in [3.05, 3.63) is 28.4 Å². The molecule has 0 saturated carbocycles. The van der Waals surface area contributed by atoms with Crippen molar-refractivity contribution >= 4 is 23.5 Å². The van der Waals surface area contributed by atoms with Crippen LogP contribution in [0.5, 0.6) is 0 Å². The smallest absolute Gasteiger partial charge is 0.135 e. The van der Waals surface area contributed by atoms with E-state index in [-0.39, 0.29) is 0 Å². The molecular formula is C9H9ClN2. The van der Waals surface area contributed by atoms with Gasteiger partial charge < -0.3 is 5.32 Å². The second-order valence-corrected chi connectivity index (χ2v) is 3.19. The number of aromatic nitrogens is 1. The van der Waals surface area contributed by atoms with E-state index in [1.54, 1.807) is 0 Å². The Morgan fingerprint density at radius 2 is 2.42 bits per heavy atom. The molecule has 1 aromatic rings. The van der Waals surface area contributed by atoms with Crippen LogP contribution in [0.4, 0.5) is 5.82 Å². The number of pyridine rings is 1. The minimum absolute atomic E-state index is 0.550. The number of nitrogens with zero attached hydrogens (tertiary/aromatic N) is 1. The van der Waals surface area contributed by atoms with Gasteiger partial charge in [0.2, 0.25) is 0 Å². The maximum absolute atomic E-state index is 5.81. The van der Waals surface area contributed by atoms with Gasteiger partial charge in [0, 0.05) is 12.1 Å². The van der Waals surface area contributed by atoms with Gasteiger partial charge in [-0.15, -0.1) is 0 Å². The number of rotatable bonds is 0. The lowest BCUT2D eigenvalue weighted by Crippen LogP contribution is -2.07. The zero-order valence-corrected chi connectivity index (χ0v) is 7.52. The lowest BCUT2D eigenvalue weighted by Gasteiger charge is -2.13. The van der Waals surface area contributed by atoms with Crippen molar-refractivity contribution in [2.75, 3.05) is 11.9 Å². The molecule has 0 aromatic carbocycles. The van der Waals surface area contributed by atoms with Gasteiger partial charge in [-0.05, 0) is 18.6 Å². The van der Waals surface area contributed by atoms with Crippen molar-refractivity contribution in [3.63, 3.8) is 0 Å². The summed E-state index contributed by atoms with van der Waals surface area (Å²) in [5.74, 6) is 0.891. The molecule has 2 heterocycles. The van der Waals surface area contributed by atoms with E-state index in [1.807, 2.05) is 13.0 Å². The molecule has 3 heteroatoms. The van der Waals surface area contributed by atoms with Crippen molar-refractivity contribution in [2.24, 2.45) is 0 Å². The van der Waals surface area contributed by atoms with E-state index in [0.29, 0.717) is 5.15 Å². The Morgan fingerprint density at radius 3 is 3.25 bits per heavy atom. The highest BCUT2D eigenvalue weighted by atomic mass is 35.5. The molecule has 1 aliphatic rings. The highest BCUT2D eigenvalue weighted by Gasteiger charge is 2.08. The second kappa shape index (κ2) is 2.79. The van der Waals surface area contributed by atoms with Gasteiger partial charge in [-0.25, -0.2) is 4.98 Å². The fourth-order valence-electron chi connectivity index (χ4n) is 1.32. The van der Waals surface area contributed by atoms with Crippen LogP contribution in [0.2, 0.25) is 5.15 Å². The highest BCUT2D eigenvalue weighted by molar-refractivity contribution is 6.29. The predicted octanol–water partition coefficient (Wildman–Crippen LogP) is 2.48. The monoisotopic (exact) mass is 180 g/mol. The maximum Gasteiger partial charge on any atom is 0.135 e. The first kappa shape index (κ1) is 7.62. The highest BCUT2D eigenvalue weighted by Crippen LogP contribution is 2.24. The third kappa shape index (κ3) is 1.18. The Bertz CT molecular complexity index is 345. The van der Waals surface area contributed by atoms with Gasteiger partial charge in [0.15, 0.2) is 0 Å². The molecule has 2 rings (SSSR count). The maximum atomic E-state index is 5.81. The van der Waals surface area contributed by atoms with Gasteiger partial charge in [0.1, 0.15) is 11.0 Å². The average Bonchev–Trinajstić information content (AvgIpc) is 2.04. The van der Waals surface area contributed by atoms with Crippen molar-refractivity contribution in [1.29, 1.82) is 0 Å². The first-order valence-corrected chi connectivity index (χ1v) is 4.23. The minimum Gasteiger partial charge on any atom is -0.366 e. The zero-order chi connectivity index (χ0) is 8.55. The molecule has 12 heavy (non-hydrogen) atoms. The number of nitrogens with one attached hydrogen (secondary N) is 1. The molecule has 0 atom stereocenters. The summed E-state index contributed by atoms with van der Waals surface area (Å²) in [7, 11) is 0. The van der Waals surface area contributed by atoms with Crippen LogP contribution in [-0.2, 0) is 0 Å². The lowest BCUT2D eigenvalue weighted by molar-refractivity contribution is 1.18. The van der Waals surface area contributed by atoms with E-state index in [9.17, 15) is 0 Å². The average molecular weight is 181 g/mol. The number of anilines is 1. The second-order valence-electron chi connectivity index (χ2n) is 2.81. The summed E-state index contributed by atoms with van der Waals surface area (Å²) in [5, 5.41) is 3.71. The summed E-state index contributed by atoms with van der Waals surface area (Å²) in [4.78, 5) is 4.18. The molecule has 2 nitrogen and oxygen atoms in total. The van der Waals surface area contributed by atoms with Crippen molar-refractivity contribution in [1.82, 2.24) is 4.98 Å². The van der Waals surface area contributed by atoms with Gasteiger partial charge in [-0.1, -0.05) is 23.8 Å². The van der Waals surface area contributed by atoms with E-state index >= 15 is 0 Å². The largest absolute Gasteiger partial charge is 0.366 e. The first-order valence-electron chi connectivity index (χ1n) is 3.85. The molecule has 0 aliphatic carbocycles. The van der Waals surface area contributed by atoms with Crippen LogP contribution in [0.15, 0.2) is 12.1 Å². The molecule has 1 aliphatic heterocycles. The quantitative estimate of drug-likeness (QED) is 0.621. The molecule has 1 N–H and O–H groups in total. The summed E-state index contributed by atoms with van der Waals surface area (Å²) in [6, 6.07) is 1.87. The standard InChI is InChI=1S/C9H9ClN2/c1-6-5-8(10)12-9-7(6)3-2-4-11-9/h2-3,5H,4H2,1H3,(H,11,12). The number of fused-ring (bicyclic) bond motifs is 1. The summed E-state index contributed by atoms with van der Waals surface area (Å²) < 4.78 is 0. The van der Waals surface area contributed by atoms with E-state index in [2.05, 4.69) is 22.5 Å². The van der Waals surface area contributed by atoms with Crippen LogP contribution in [0.25, 0.3) is 6.08 Å². The topological polar surface area (TPSA) is 24.9 Å². The number of halogens is 1. The fraction of sp³-hybridized carbons (Fsp3) is 0.222. The molecule has 62 valence electrons. The molecule has 1 aromatic heterocycles. The van der Waals surface area contributed by atoms with E-state index < -0.39 is 0 Å². The van der Waals surface area contributed by atoms with Crippen LogP contribution in [0.3, 0.4) is 0 Å². The van der Waals surface area contributed by atoms with Gasteiger partial charge in [0.05, 0.1) is 0 Å². The zero-order valence-electron chi connectivity index (χ0n) is 6.76. The van der Waals surface area contributed by atoms with Crippen molar-refractivity contribution in [2.45, 2.75) is 6.92 Å². The Labute approximate surface area is 76.3 Å². The summed E-state index contributed by atoms with van der Waals surface area (Å²) in [6.45, 7) is 2.86. The first-order chi connectivity index (χ1) is 5.77. The molecule has 0 radical (unpaired) electrons. The van der Waals surface area contributed by atoms with Gasteiger partial charge in [-0.3, -0.25) is 0 Å². The van der Waals surface area contributed by atoms with Crippen LogP contribution in [-0.4, -0.2) is 11.5 Å². The molecular weight excluding hydrogens is 172 g/mol. The lowest BCUT2D eigenvalue weighted by atomic mass is 10.1. The molecule has 0 bridgehead atoms. The molecule has 0 fully saturated rings. The number of aryl methyl sites for hydroxylation is 1. The minimum atomic E-state index is 0.550. The Hall–Kier alpha value is -1.02. The van der Waals surface area contributed by atoms with E-state index in [0.717, 1.165) is 23.5 Å². The Balaban J connectivity index is 2.62. The van der Waals surface area contributed by atoms with E-state index in [1.165, 1.54) is 0 Å². The van der Waals surface area contributed by atoms with Crippen LogP contribution < -0.4 is 5.32 Å². The number of hydrogen-bond acceptors (Lipinski definition) is 2. The Morgan fingerprint density at radius 1 is 1.58 bits per heavy atom. The number of hydrogen-bond donors (Lipinski definition) is 1. The van der Waals surface area contributed by atoms with Gasteiger partial charge >= 0.3 is 0 Å². The summed E-state index contributed by atoms with van der Waals surface area (Å²) >= 11 is 5.81. The van der Waals surface area contributed by atoms with Crippen LogP contribution in [0, 0.1) is 6.92 Å². The fourth-order valence-corrected chi connectivity index (χ4v) is 1.57. The van der Waals surface area contributed by atoms with Crippen molar-refractivity contribution in [3.8, 4) is 0 Å². The van der Waals surface area contributed by atoms with Gasteiger partial charge in [-0.2, -0.15) is 0 Å². The molecule has 0 unspecified atom stereocenters. The van der Waals surface area contributed by atoms with Crippen molar-refractivity contribution < 1.29 is 0 Å². The third-order valence-corrected chi connectivity index (χ3v) is 2.10. The molecule has 0 amide bonds. The summed E-state index contributed by atoms with van der Waals surface area (Å²) in [6.07, 6.45) is 4.15. The van der Waals surface area contributed by atoms with E-state index in [4.69, 9.17) is 11.6 Å². The SMILES string of the molecule is Cc1cc(Cl)nc2c1C=CCN2. The van der Waals surface area contributed by atoms with Crippen LogP contribution >= 0.6 is 11.6 Å². The summed E-state index contributed by atoms with van der Waals surface area (Å²) in [5.41, 5.74) is 2.30. The molecule has 0 spiro atoms. The Kier molecular flexibility index (Phi) is 1.77.